The van der Waals surface area contributed by atoms with Gasteiger partial charge in [0.15, 0.2) is 0 Å². The molecular weight excluding hydrogens is 252 g/mol. The van der Waals surface area contributed by atoms with Gasteiger partial charge in [-0.2, -0.15) is 0 Å². The van der Waals surface area contributed by atoms with Gasteiger partial charge in [-0.15, -0.1) is 0 Å². The maximum atomic E-state index is 12.0. The molecule has 2 rings (SSSR count). The predicted molar refractivity (Wildman–Crippen MR) is 79.4 cm³/mol. The number of para-hydroxylation sites is 1. The van der Waals surface area contributed by atoms with Crippen LogP contribution in [0.25, 0.3) is 0 Å². The van der Waals surface area contributed by atoms with E-state index in [2.05, 4.69) is 5.32 Å². The summed E-state index contributed by atoms with van der Waals surface area (Å²) in [5.41, 5.74) is 0.545. The van der Waals surface area contributed by atoms with E-state index in [1.165, 1.54) is 0 Å². The topological polar surface area (TPSA) is 49.4 Å². The summed E-state index contributed by atoms with van der Waals surface area (Å²) in [5, 5.41) is 2.94. The highest BCUT2D eigenvalue weighted by atomic mass is 16.2. The second kappa shape index (κ2) is 5.65. The van der Waals surface area contributed by atoms with Crippen LogP contribution in [-0.2, 0) is 9.59 Å². The minimum absolute atomic E-state index is 0.0307. The third-order valence-electron chi connectivity index (χ3n) is 3.51. The molecule has 1 atom stereocenters. The van der Waals surface area contributed by atoms with Crippen LogP contribution in [0, 0.1) is 11.3 Å². The van der Waals surface area contributed by atoms with E-state index in [0.717, 1.165) is 5.69 Å². The number of hydrogen-bond donors (Lipinski definition) is 1. The van der Waals surface area contributed by atoms with Gasteiger partial charge in [-0.25, -0.2) is 0 Å². The SMILES string of the molecule is CC(C)(C)C(=O)NCC1CC(=O)N(c2ccccc2)C1. The van der Waals surface area contributed by atoms with Gasteiger partial charge in [0.1, 0.15) is 0 Å². The normalized spacial score (nSPS) is 19.2. The molecule has 2 amide bonds. The zero-order valence-corrected chi connectivity index (χ0v) is 12.3. The lowest BCUT2D eigenvalue weighted by Crippen LogP contribution is -2.38. The standard InChI is InChI=1S/C16H22N2O2/c1-16(2,3)15(20)17-10-12-9-14(19)18(11-12)13-7-5-4-6-8-13/h4-8,12H,9-11H2,1-3H3,(H,17,20). The van der Waals surface area contributed by atoms with Gasteiger partial charge in [0.05, 0.1) is 0 Å². The molecule has 4 nitrogen and oxygen atoms in total. The summed E-state index contributed by atoms with van der Waals surface area (Å²) in [7, 11) is 0. The highest BCUT2D eigenvalue weighted by molar-refractivity contribution is 5.95. The summed E-state index contributed by atoms with van der Waals surface area (Å²) in [5.74, 6) is 0.350. The zero-order valence-electron chi connectivity index (χ0n) is 12.3. The predicted octanol–water partition coefficient (Wildman–Crippen LogP) is 2.20. The summed E-state index contributed by atoms with van der Waals surface area (Å²) in [6, 6.07) is 9.67. The summed E-state index contributed by atoms with van der Waals surface area (Å²) >= 11 is 0. The van der Waals surface area contributed by atoms with Gasteiger partial charge in [0.25, 0.3) is 0 Å². The van der Waals surface area contributed by atoms with E-state index in [4.69, 9.17) is 0 Å². The Hall–Kier alpha value is -1.84. The summed E-state index contributed by atoms with van der Waals surface area (Å²) < 4.78 is 0. The Morgan fingerprint density at radius 1 is 1.30 bits per heavy atom. The van der Waals surface area contributed by atoms with Crippen molar-refractivity contribution in [3.05, 3.63) is 30.3 Å². The molecule has 0 spiro atoms. The first-order valence-corrected chi connectivity index (χ1v) is 7.01. The minimum Gasteiger partial charge on any atom is -0.355 e. The second-order valence-corrected chi connectivity index (χ2v) is 6.37. The monoisotopic (exact) mass is 274 g/mol. The Balaban J connectivity index is 1.92. The van der Waals surface area contributed by atoms with Crippen molar-refractivity contribution >= 4 is 17.5 Å². The van der Waals surface area contributed by atoms with Crippen LogP contribution in [0.5, 0.6) is 0 Å². The van der Waals surface area contributed by atoms with E-state index in [1.807, 2.05) is 51.1 Å². The smallest absolute Gasteiger partial charge is 0.227 e. The van der Waals surface area contributed by atoms with Crippen LogP contribution in [0.2, 0.25) is 0 Å². The lowest BCUT2D eigenvalue weighted by molar-refractivity contribution is -0.128. The number of benzene rings is 1. The van der Waals surface area contributed by atoms with Crippen molar-refractivity contribution in [3.8, 4) is 0 Å². The van der Waals surface area contributed by atoms with Crippen LogP contribution in [0.1, 0.15) is 27.2 Å². The number of amides is 2. The Labute approximate surface area is 120 Å². The first-order chi connectivity index (χ1) is 9.38. The molecule has 1 heterocycles. The highest BCUT2D eigenvalue weighted by Crippen LogP contribution is 2.24. The van der Waals surface area contributed by atoms with Gasteiger partial charge in [0.2, 0.25) is 11.8 Å². The quantitative estimate of drug-likeness (QED) is 0.918. The fourth-order valence-corrected chi connectivity index (χ4v) is 2.28. The van der Waals surface area contributed by atoms with E-state index < -0.39 is 0 Å². The summed E-state index contributed by atoms with van der Waals surface area (Å²) in [4.78, 5) is 25.7. The van der Waals surface area contributed by atoms with E-state index in [0.29, 0.717) is 19.5 Å². The third-order valence-corrected chi connectivity index (χ3v) is 3.51. The highest BCUT2D eigenvalue weighted by Gasteiger charge is 2.31. The molecular formula is C16H22N2O2. The Kier molecular flexibility index (Phi) is 4.12. The Morgan fingerprint density at radius 2 is 1.95 bits per heavy atom. The Bertz CT molecular complexity index is 491. The van der Waals surface area contributed by atoms with Crippen molar-refractivity contribution < 1.29 is 9.59 Å². The van der Waals surface area contributed by atoms with Gasteiger partial charge in [-0.1, -0.05) is 39.0 Å². The van der Waals surface area contributed by atoms with Crippen molar-refractivity contribution in [2.45, 2.75) is 27.2 Å². The van der Waals surface area contributed by atoms with Crippen molar-refractivity contribution in [3.63, 3.8) is 0 Å². The van der Waals surface area contributed by atoms with E-state index in [-0.39, 0.29) is 23.1 Å². The van der Waals surface area contributed by atoms with E-state index in [1.54, 1.807) is 4.90 Å². The number of nitrogens with one attached hydrogen (secondary N) is 1. The van der Waals surface area contributed by atoms with Crippen LogP contribution in [0.3, 0.4) is 0 Å². The summed E-state index contributed by atoms with van der Waals surface area (Å²) in [6.45, 7) is 6.90. The lowest BCUT2D eigenvalue weighted by atomic mass is 9.95. The maximum Gasteiger partial charge on any atom is 0.227 e. The third kappa shape index (κ3) is 3.38. The zero-order chi connectivity index (χ0) is 14.8. The van der Waals surface area contributed by atoms with Crippen molar-refractivity contribution in [2.75, 3.05) is 18.0 Å². The number of carbonyl (C=O) groups excluding carboxylic acids is 2. The molecule has 1 aromatic carbocycles. The molecule has 0 bridgehead atoms. The summed E-state index contributed by atoms with van der Waals surface area (Å²) in [6.07, 6.45) is 0.499. The number of rotatable bonds is 3. The molecule has 0 saturated carbocycles. The van der Waals surface area contributed by atoms with Crippen molar-refractivity contribution in [1.82, 2.24) is 5.32 Å². The molecule has 1 aromatic rings. The fraction of sp³-hybridized carbons (Fsp3) is 0.500. The lowest BCUT2D eigenvalue weighted by Gasteiger charge is -2.20. The average Bonchev–Trinajstić information content (AvgIpc) is 2.77. The number of hydrogen-bond acceptors (Lipinski definition) is 2. The molecule has 1 fully saturated rings. The van der Waals surface area contributed by atoms with Gasteiger partial charge in [-0.3, -0.25) is 9.59 Å². The molecule has 0 radical (unpaired) electrons. The minimum atomic E-state index is -0.387. The molecule has 1 N–H and O–H groups in total. The number of anilines is 1. The molecule has 1 aliphatic rings. The van der Waals surface area contributed by atoms with Crippen molar-refractivity contribution in [2.24, 2.45) is 11.3 Å². The number of nitrogens with zero attached hydrogens (tertiary/aromatic N) is 1. The average molecular weight is 274 g/mol. The molecule has 1 aliphatic heterocycles. The second-order valence-electron chi connectivity index (χ2n) is 6.37. The first kappa shape index (κ1) is 14.6. The van der Waals surface area contributed by atoms with Gasteiger partial charge >= 0.3 is 0 Å². The van der Waals surface area contributed by atoms with E-state index in [9.17, 15) is 9.59 Å². The fourth-order valence-electron chi connectivity index (χ4n) is 2.28. The van der Waals surface area contributed by atoms with Crippen LogP contribution < -0.4 is 10.2 Å². The molecule has 0 aliphatic carbocycles. The molecule has 1 saturated heterocycles. The van der Waals surface area contributed by atoms with Crippen LogP contribution in [-0.4, -0.2) is 24.9 Å². The largest absolute Gasteiger partial charge is 0.355 e. The maximum absolute atomic E-state index is 12.0. The molecule has 20 heavy (non-hydrogen) atoms. The molecule has 1 unspecified atom stereocenters. The number of carbonyl (C=O) groups is 2. The molecule has 0 aromatic heterocycles. The van der Waals surface area contributed by atoms with Gasteiger partial charge in [-0.05, 0) is 12.1 Å². The van der Waals surface area contributed by atoms with E-state index >= 15 is 0 Å². The van der Waals surface area contributed by atoms with Crippen LogP contribution in [0.4, 0.5) is 5.69 Å². The first-order valence-electron chi connectivity index (χ1n) is 7.01. The van der Waals surface area contributed by atoms with Gasteiger partial charge < -0.3 is 10.2 Å². The van der Waals surface area contributed by atoms with Crippen molar-refractivity contribution in [1.29, 1.82) is 0 Å². The Morgan fingerprint density at radius 3 is 2.55 bits per heavy atom. The molecule has 108 valence electrons. The van der Waals surface area contributed by atoms with Gasteiger partial charge in [0, 0.05) is 36.5 Å². The van der Waals surface area contributed by atoms with Crippen LogP contribution in [0.15, 0.2) is 30.3 Å². The molecule has 4 heteroatoms. The van der Waals surface area contributed by atoms with Crippen LogP contribution >= 0.6 is 0 Å².